The zero-order chi connectivity index (χ0) is 19.8. The van der Waals surface area contributed by atoms with Crippen LogP contribution in [0.5, 0.6) is 0 Å². The van der Waals surface area contributed by atoms with Gasteiger partial charge in [-0.25, -0.2) is 19.2 Å². The number of hydrogen-bond donors (Lipinski definition) is 1. The number of halogens is 1. The van der Waals surface area contributed by atoms with Gasteiger partial charge in [0.05, 0.1) is 25.1 Å². The number of pyridine rings is 1. The third-order valence-electron chi connectivity index (χ3n) is 4.09. The number of carbonyl (C=O) groups is 1. The fourth-order valence-electron chi connectivity index (χ4n) is 2.77. The number of morpholine rings is 1. The molecule has 2 aromatic heterocycles. The van der Waals surface area contributed by atoms with Crippen molar-refractivity contribution in [3.63, 3.8) is 0 Å². The lowest BCUT2D eigenvalue weighted by atomic mass is 9.99. The lowest BCUT2D eigenvalue weighted by molar-refractivity contribution is -0.0744. The zero-order valence-corrected chi connectivity index (χ0v) is 15.8. The van der Waals surface area contributed by atoms with Crippen LogP contribution in [0.2, 0.25) is 0 Å². The second kappa shape index (κ2) is 6.76. The van der Waals surface area contributed by atoms with Gasteiger partial charge in [-0.05, 0) is 27.7 Å². The monoisotopic (exact) mass is 378 g/mol. The van der Waals surface area contributed by atoms with Crippen LogP contribution >= 0.6 is 0 Å². The molecule has 0 bridgehead atoms. The van der Waals surface area contributed by atoms with Crippen molar-refractivity contribution in [1.82, 2.24) is 24.6 Å². The van der Waals surface area contributed by atoms with E-state index in [2.05, 4.69) is 15.1 Å². The highest BCUT2D eigenvalue weighted by Gasteiger charge is 2.45. The van der Waals surface area contributed by atoms with Gasteiger partial charge in [-0.1, -0.05) is 0 Å². The Morgan fingerprint density at radius 1 is 1.41 bits per heavy atom. The Hall–Kier alpha value is -2.75. The Bertz CT molecular complexity index is 849. The highest BCUT2D eigenvalue weighted by Crippen LogP contribution is 2.31. The smallest absolute Gasteiger partial charge is 0.411 e. The van der Waals surface area contributed by atoms with Gasteiger partial charge in [0.2, 0.25) is 0 Å². The average molecular weight is 378 g/mol. The van der Waals surface area contributed by atoms with Gasteiger partial charge < -0.3 is 15.2 Å². The lowest BCUT2D eigenvalue weighted by Gasteiger charge is -2.42. The standard InChI is InChI=1S/C17H23FN6O3/c1-16(2,3)27-15(25)23-5-6-26-9-17(23,4)14-21-10-24(22-14)13-12(18)7-11(19)8-20-13/h7-8,10H,5-6,9,19H2,1-4H3. The summed E-state index contributed by atoms with van der Waals surface area (Å²) in [6, 6.07) is 1.15. The number of nitrogen functional groups attached to an aromatic ring is 1. The molecule has 1 amide bonds. The van der Waals surface area contributed by atoms with Gasteiger partial charge in [-0.3, -0.25) is 4.90 Å². The molecule has 0 aliphatic carbocycles. The Labute approximate surface area is 156 Å². The number of carbonyl (C=O) groups excluding carboxylic acids is 1. The first-order chi connectivity index (χ1) is 12.6. The van der Waals surface area contributed by atoms with Crippen LogP contribution in [-0.2, 0) is 15.0 Å². The molecule has 2 N–H and O–H groups in total. The summed E-state index contributed by atoms with van der Waals surface area (Å²) in [5.74, 6) is -0.362. The summed E-state index contributed by atoms with van der Waals surface area (Å²) in [6.07, 6.45) is 2.18. The van der Waals surface area contributed by atoms with Crippen molar-refractivity contribution in [3.8, 4) is 5.82 Å². The van der Waals surface area contributed by atoms with Gasteiger partial charge in [-0.15, -0.1) is 5.10 Å². The number of hydrogen-bond acceptors (Lipinski definition) is 7. The minimum atomic E-state index is -0.962. The van der Waals surface area contributed by atoms with Gasteiger partial charge in [0.1, 0.15) is 17.5 Å². The van der Waals surface area contributed by atoms with Crippen LogP contribution in [0, 0.1) is 5.82 Å². The van der Waals surface area contributed by atoms with Crippen molar-refractivity contribution in [3.05, 3.63) is 30.2 Å². The van der Waals surface area contributed by atoms with Crippen LogP contribution in [0.1, 0.15) is 33.5 Å². The van der Waals surface area contributed by atoms with E-state index >= 15 is 0 Å². The summed E-state index contributed by atoms with van der Waals surface area (Å²) >= 11 is 0. The van der Waals surface area contributed by atoms with E-state index in [-0.39, 0.29) is 18.1 Å². The molecule has 1 saturated heterocycles. The molecule has 10 heteroatoms. The maximum atomic E-state index is 14.1. The minimum Gasteiger partial charge on any atom is -0.444 e. The Morgan fingerprint density at radius 3 is 2.81 bits per heavy atom. The van der Waals surface area contributed by atoms with E-state index in [4.69, 9.17) is 15.2 Å². The van der Waals surface area contributed by atoms with Crippen LogP contribution in [-0.4, -0.2) is 56.1 Å². The van der Waals surface area contributed by atoms with Crippen molar-refractivity contribution < 1.29 is 18.7 Å². The lowest BCUT2D eigenvalue weighted by Crippen LogP contribution is -2.56. The van der Waals surface area contributed by atoms with E-state index in [0.717, 1.165) is 6.07 Å². The molecule has 0 aromatic carbocycles. The van der Waals surface area contributed by atoms with Crippen molar-refractivity contribution in [2.24, 2.45) is 0 Å². The Balaban J connectivity index is 1.93. The molecular formula is C17H23FN6O3. The quantitative estimate of drug-likeness (QED) is 0.850. The molecule has 0 radical (unpaired) electrons. The molecule has 2 aromatic rings. The van der Waals surface area contributed by atoms with Crippen LogP contribution in [0.4, 0.5) is 14.9 Å². The Morgan fingerprint density at radius 2 is 2.15 bits per heavy atom. The number of aromatic nitrogens is 4. The second-order valence-electron chi connectivity index (χ2n) is 7.55. The van der Waals surface area contributed by atoms with E-state index in [0.29, 0.717) is 19.0 Å². The molecule has 9 nitrogen and oxygen atoms in total. The molecule has 27 heavy (non-hydrogen) atoms. The number of amides is 1. The molecule has 1 aliphatic heterocycles. The van der Waals surface area contributed by atoms with Crippen molar-refractivity contribution in [2.45, 2.75) is 38.8 Å². The first-order valence-corrected chi connectivity index (χ1v) is 8.52. The molecule has 3 rings (SSSR count). The summed E-state index contributed by atoms with van der Waals surface area (Å²) in [4.78, 5) is 22.4. The average Bonchev–Trinajstić information content (AvgIpc) is 3.04. The summed E-state index contributed by atoms with van der Waals surface area (Å²) in [5.41, 5.74) is 4.14. The molecular weight excluding hydrogens is 355 g/mol. The normalized spacial score (nSPS) is 20.6. The highest BCUT2D eigenvalue weighted by atomic mass is 19.1. The number of ether oxygens (including phenoxy) is 2. The van der Waals surface area contributed by atoms with Crippen LogP contribution in [0.15, 0.2) is 18.6 Å². The molecule has 1 aliphatic rings. The van der Waals surface area contributed by atoms with Gasteiger partial charge in [0, 0.05) is 12.6 Å². The SMILES string of the molecule is CC(C)(C)OC(=O)N1CCOCC1(C)c1ncn(-c2ncc(N)cc2F)n1. The topological polar surface area (TPSA) is 108 Å². The first-order valence-electron chi connectivity index (χ1n) is 8.52. The predicted octanol–water partition coefficient (Wildman–Crippen LogP) is 1.87. The molecule has 1 atom stereocenters. The molecule has 146 valence electrons. The van der Waals surface area contributed by atoms with E-state index in [1.54, 1.807) is 27.7 Å². The number of nitrogens with two attached hydrogens (primary N) is 1. The maximum absolute atomic E-state index is 14.1. The van der Waals surface area contributed by atoms with E-state index in [1.807, 2.05) is 0 Å². The zero-order valence-electron chi connectivity index (χ0n) is 15.8. The van der Waals surface area contributed by atoms with Crippen molar-refractivity contribution >= 4 is 11.8 Å². The van der Waals surface area contributed by atoms with E-state index < -0.39 is 23.1 Å². The van der Waals surface area contributed by atoms with Crippen LogP contribution < -0.4 is 5.73 Å². The van der Waals surface area contributed by atoms with Crippen LogP contribution in [0.25, 0.3) is 5.82 Å². The molecule has 1 fully saturated rings. The molecule has 0 saturated carbocycles. The number of rotatable bonds is 2. The largest absolute Gasteiger partial charge is 0.444 e. The third kappa shape index (κ3) is 3.85. The molecule has 3 heterocycles. The summed E-state index contributed by atoms with van der Waals surface area (Å²) in [6.45, 7) is 8.07. The third-order valence-corrected chi connectivity index (χ3v) is 4.09. The first kappa shape index (κ1) is 19.0. The number of nitrogens with zero attached hydrogens (tertiary/aromatic N) is 5. The highest BCUT2D eigenvalue weighted by molar-refractivity contribution is 5.69. The minimum absolute atomic E-state index is 0.0351. The Kier molecular flexibility index (Phi) is 4.77. The molecule has 1 unspecified atom stereocenters. The van der Waals surface area contributed by atoms with E-state index in [9.17, 15) is 9.18 Å². The fourth-order valence-corrected chi connectivity index (χ4v) is 2.77. The van der Waals surface area contributed by atoms with Crippen molar-refractivity contribution in [2.75, 3.05) is 25.5 Å². The van der Waals surface area contributed by atoms with E-state index in [1.165, 1.54) is 22.1 Å². The molecule has 0 spiro atoms. The van der Waals surface area contributed by atoms with Gasteiger partial charge in [-0.2, -0.15) is 4.68 Å². The maximum Gasteiger partial charge on any atom is 0.411 e. The van der Waals surface area contributed by atoms with Crippen molar-refractivity contribution in [1.29, 1.82) is 0 Å². The summed E-state index contributed by atoms with van der Waals surface area (Å²) in [5, 5.41) is 4.33. The van der Waals surface area contributed by atoms with Gasteiger partial charge >= 0.3 is 6.09 Å². The van der Waals surface area contributed by atoms with Crippen LogP contribution in [0.3, 0.4) is 0 Å². The second-order valence-corrected chi connectivity index (χ2v) is 7.55. The summed E-state index contributed by atoms with van der Waals surface area (Å²) in [7, 11) is 0. The predicted molar refractivity (Wildman–Crippen MR) is 94.6 cm³/mol. The fraction of sp³-hybridized carbons (Fsp3) is 0.529. The van der Waals surface area contributed by atoms with Gasteiger partial charge in [0.15, 0.2) is 17.5 Å². The van der Waals surface area contributed by atoms with Gasteiger partial charge in [0.25, 0.3) is 0 Å². The number of anilines is 1. The summed E-state index contributed by atoms with van der Waals surface area (Å²) < 4.78 is 26.4.